The molecule has 1 aliphatic carbocycles. The van der Waals surface area contributed by atoms with Crippen LogP contribution in [0.5, 0.6) is 5.88 Å². The number of ether oxygens (including phenoxy) is 1. The number of nitrogens with zero attached hydrogens (tertiary/aromatic N) is 2. The molecule has 1 heterocycles. The molecule has 0 amide bonds. The molecule has 4 heteroatoms. The van der Waals surface area contributed by atoms with Crippen LogP contribution in [-0.4, -0.2) is 17.1 Å². The summed E-state index contributed by atoms with van der Waals surface area (Å²) in [7, 11) is 1.60. The molecule has 0 saturated heterocycles. The topological polar surface area (TPSA) is 61.0 Å². The molecule has 19 heavy (non-hydrogen) atoms. The summed E-state index contributed by atoms with van der Waals surface area (Å²) >= 11 is 0. The lowest BCUT2D eigenvalue weighted by Gasteiger charge is -2.31. The normalized spacial score (nSPS) is 18.3. The van der Waals surface area contributed by atoms with E-state index in [1.807, 2.05) is 6.07 Å². The molecule has 4 nitrogen and oxygen atoms in total. The summed E-state index contributed by atoms with van der Waals surface area (Å²) in [6.07, 6.45) is 3.53. The Morgan fingerprint density at radius 1 is 1.37 bits per heavy atom. The maximum absolute atomic E-state index is 6.24. The Balaban J connectivity index is 1.71. The van der Waals surface area contributed by atoms with Crippen LogP contribution in [0.25, 0.3) is 0 Å². The highest BCUT2D eigenvalue weighted by molar-refractivity contribution is 5.40. The van der Waals surface area contributed by atoms with E-state index in [4.69, 9.17) is 10.5 Å². The van der Waals surface area contributed by atoms with E-state index in [9.17, 15) is 0 Å². The first-order valence-corrected chi connectivity index (χ1v) is 6.47. The number of rotatable bonds is 4. The van der Waals surface area contributed by atoms with E-state index >= 15 is 0 Å². The molecule has 0 saturated carbocycles. The molecule has 98 valence electrons. The van der Waals surface area contributed by atoms with Gasteiger partial charge in [-0.3, -0.25) is 0 Å². The summed E-state index contributed by atoms with van der Waals surface area (Å²) < 4.78 is 5.10. The molecule has 0 spiro atoms. The van der Waals surface area contributed by atoms with Gasteiger partial charge in [0.1, 0.15) is 6.33 Å². The standard InChI is InChI=1S/C15H17N3O/c1-19-15-8-14(17-9-18-15)13(16)7-11-6-10-4-2-3-5-12(10)11/h2-5,8-9,11,13H,6-7,16H2,1H3. The third kappa shape index (κ3) is 2.31. The molecule has 0 bridgehead atoms. The molecule has 2 unspecified atom stereocenters. The van der Waals surface area contributed by atoms with Crippen LogP contribution in [-0.2, 0) is 6.42 Å². The Hall–Kier alpha value is -1.94. The van der Waals surface area contributed by atoms with Crippen LogP contribution in [0.1, 0.15) is 35.2 Å². The number of fused-ring (bicyclic) bond motifs is 1. The zero-order chi connectivity index (χ0) is 13.2. The van der Waals surface area contributed by atoms with Crippen molar-refractivity contribution in [1.29, 1.82) is 0 Å². The highest BCUT2D eigenvalue weighted by Crippen LogP contribution is 2.39. The Bertz CT molecular complexity index is 585. The second-order valence-corrected chi connectivity index (χ2v) is 4.93. The van der Waals surface area contributed by atoms with Gasteiger partial charge in [0.05, 0.1) is 12.8 Å². The van der Waals surface area contributed by atoms with E-state index in [0.29, 0.717) is 11.8 Å². The molecular weight excluding hydrogens is 238 g/mol. The lowest BCUT2D eigenvalue weighted by atomic mass is 9.74. The first-order chi connectivity index (χ1) is 9.28. The third-order valence-electron chi connectivity index (χ3n) is 3.75. The van der Waals surface area contributed by atoms with E-state index < -0.39 is 0 Å². The van der Waals surface area contributed by atoms with Crippen LogP contribution in [0.3, 0.4) is 0 Å². The van der Waals surface area contributed by atoms with E-state index in [1.54, 1.807) is 7.11 Å². The lowest BCUT2D eigenvalue weighted by Crippen LogP contribution is -2.23. The summed E-state index contributed by atoms with van der Waals surface area (Å²) in [5.74, 6) is 1.11. The molecule has 1 aromatic carbocycles. The van der Waals surface area contributed by atoms with Crippen molar-refractivity contribution in [3.05, 3.63) is 53.5 Å². The van der Waals surface area contributed by atoms with Crippen LogP contribution in [0, 0.1) is 0 Å². The van der Waals surface area contributed by atoms with Gasteiger partial charge in [-0.1, -0.05) is 24.3 Å². The van der Waals surface area contributed by atoms with Crippen LogP contribution in [0.15, 0.2) is 36.7 Å². The highest BCUT2D eigenvalue weighted by atomic mass is 16.5. The van der Waals surface area contributed by atoms with Crippen molar-refractivity contribution >= 4 is 0 Å². The van der Waals surface area contributed by atoms with Gasteiger partial charge in [-0.15, -0.1) is 0 Å². The van der Waals surface area contributed by atoms with Crippen LogP contribution in [0.2, 0.25) is 0 Å². The summed E-state index contributed by atoms with van der Waals surface area (Å²) in [5.41, 5.74) is 9.96. The molecule has 0 aliphatic heterocycles. The molecule has 1 aromatic heterocycles. The van der Waals surface area contributed by atoms with Gasteiger partial charge in [0.2, 0.25) is 5.88 Å². The van der Waals surface area contributed by atoms with Crippen molar-refractivity contribution in [3.63, 3.8) is 0 Å². The lowest BCUT2D eigenvalue weighted by molar-refractivity contribution is 0.394. The Morgan fingerprint density at radius 2 is 2.21 bits per heavy atom. The summed E-state index contributed by atoms with van der Waals surface area (Å²) in [4.78, 5) is 8.24. The van der Waals surface area contributed by atoms with Crippen LogP contribution >= 0.6 is 0 Å². The van der Waals surface area contributed by atoms with E-state index in [-0.39, 0.29) is 6.04 Å². The monoisotopic (exact) mass is 255 g/mol. The van der Waals surface area contributed by atoms with E-state index in [2.05, 4.69) is 34.2 Å². The van der Waals surface area contributed by atoms with Gasteiger partial charge in [0.25, 0.3) is 0 Å². The maximum Gasteiger partial charge on any atom is 0.216 e. The van der Waals surface area contributed by atoms with E-state index in [1.165, 1.54) is 17.5 Å². The fourth-order valence-electron chi connectivity index (χ4n) is 2.67. The third-order valence-corrected chi connectivity index (χ3v) is 3.75. The second kappa shape index (κ2) is 4.97. The molecule has 3 rings (SSSR count). The van der Waals surface area contributed by atoms with Gasteiger partial charge >= 0.3 is 0 Å². The first-order valence-electron chi connectivity index (χ1n) is 6.47. The van der Waals surface area contributed by atoms with Gasteiger partial charge in [-0.05, 0) is 29.9 Å². The van der Waals surface area contributed by atoms with E-state index in [0.717, 1.165) is 18.5 Å². The van der Waals surface area contributed by atoms with Gasteiger partial charge in [-0.25, -0.2) is 9.97 Å². The summed E-state index contributed by atoms with van der Waals surface area (Å²) in [6.45, 7) is 0. The molecule has 2 N–H and O–H groups in total. The number of hydrogen-bond donors (Lipinski definition) is 1. The number of aromatic nitrogens is 2. The summed E-state index contributed by atoms with van der Waals surface area (Å²) in [5, 5.41) is 0. The predicted octanol–water partition coefficient (Wildman–Crippen LogP) is 2.21. The minimum atomic E-state index is -0.0738. The fraction of sp³-hybridized carbons (Fsp3) is 0.333. The molecular formula is C15H17N3O. The number of hydrogen-bond acceptors (Lipinski definition) is 4. The van der Waals surface area contributed by atoms with Gasteiger partial charge < -0.3 is 10.5 Å². The van der Waals surface area contributed by atoms with Crippen molar-refractivity contribution in [3.8, 4) is 5.88 Å². The molecule has 1 aliphatic rings. The quantitative estimate of drug-likeness (QED) is 0.910. The predicted molar refractivity (Wildman–Crippen MR) is 73.0 cm³/mol. The Kier molecular flexibility index (Phi) is 3.17. The van der Waals surface area contributed by atoms with Gasteiger partial charge in [0, 0.05) is 12.1 Å². The SMILES string of the molecule is COc1cc(C(N)CC2Cc3ccccc32)ncn1. The number of benzene rings is 1. The van der Waals surface area contributed by atoms with Crippen molar-refractivity contribution in [2.24, 2.45) is 5.73 Å². The van der Waals surface area contributed by atoms with Crippen molar-refractivity contribution in [2.45, 2.75) is 24.8 Å². The Labute approximate surface area is 112 Å². The number of nitrogens with two attached hydrogens (primary N) is 1. The minimum Gasteiger partial charge on any atom is -0.481 e. The fourth-order valence-corrected chi connectivity index (χ4v) is 2.67. The average Bonchev–Trinajstić information content (AvgIpc) is 2.44. The number of methoxy groups -OCH3 is 1. The van der Waals surface area contributed by atoms with Gasteiger partial charge in [-0.2, -0.15) is 0 Å². The maximum atomic E-state index is 6.24. The molecule has 0 fully saturated rings. The molecule has 2 aromatic rings. The van der Waals surface area contributed by atoms with Crippen LogP contribution in [0.4, 0.5) is 0 Å². The molecule has 0 radical (unpaired) electrons. The minimum absolute atomic E-state index is 0.0738. The second-order valence-electron chi connectivity index (χ2n) is 4.93. The zero-order valence-corrected chi connectivity index (χ0v) is 10.9. The van der Waals surface area contributed by atoms with Crippen LogP contribution < -0.4 is 10.5 Å². The summed E-state index contributed by atoms with van der Waals surface area (Å²) in [6, 6.07) is 10.3. The van der Waals surface area contributed by atoms with Crippen molar-refractivity contribution in [1.82, 2.24) is 9.97 Å². The average molecular weight is 255 g/mol. The molecule has 2 atom stereocenters. The van der Waals surface area contributed by atoms with Crippen molar-refractivity contribution in [2.75, 3.05) is 7.11 Å². The van der Waals surface area contributed by atoms with Crippen molar-refractivity contribution < 1.29 is 4.74 Å². The zero-order valence-electron chi connectivity index (χ0n) is 10.9. The van der Waals surface area contributed by atoms with Gasteiger partial charge in [0.15, 0.2) is 0 Å². The largest absolute Gasteiger partial charge is 0.481 e. The Morgan fingerprint density at radius 3 is 3.00 bits per heavy atom. The first kappa shape index (κ1) is 12.1. The highest BCUT2D eigenvalue weighted by Gasteiger charge is 2.27. The smallest absolute Gasteiger partial charge is 0.216 e.